The zero-order valence-corrected chi connectivity index (χ0v) is 15.1. The number of halogens is 3. The molecule has 0 radical (unpaired) electrons. The minimum Gasteiger partial charge on any atom is -0.406 e. The van der Waals surface area contributed by atoms with E-state index in [2.05, 4.69) is 15.0 Å². The number of aromatic nitrogens is 1. The van der Waals surface area contributed by atoms with E-state index < -0.39 is 6.36 Å². The van der Waals surface area contributed by atoms with E-state index in [1.807, 2.05) is 36.4 Å². The Bertz CT molecular complexity index is 938. The third-order valence-corrected chi connectivity index (χ3v) is 4.85. The van der Waals surface area contributed by atoms with Gasteiger partial charge in [0, 0.05) is 31.6 Å². The molecule has 1 saturated heterocycles. The Hall–Kier alpha value is -2.64. The number of ether oxygens (including phenoxy) is 1. The molecule has 1 aromatic heterocycles. The number of hydrogen-bond acceptors (Lipinski definition) is 4. The summed E-state index contributed by atoms with van der Waals surface area (Å²) in [4.78, 5) is 7.13. The molecule has 0 saturated carbocycles. The molecule has 0 bridgehead atoms. The zero-order chi connectivity index (χ0) is 19.6. The molecule has 7 heteroatoms. The number of para-hydroxylation sites is 1. The first-order valence-electron chi connectivity index (χ1n) is 9.16. The van der Waals surface area contributed by atoms with Crippen LogP contribution in [0.1, 0.15) is 17.3 Å². The first kappa shape index (κ1) is 18.7. The van der Waals surface area contributed by atoms with Crippen molar-refractivity contribution in [2.24, 2.45) is 0 Å². The minimum absolute atomic E-state index is 0.133. The molecule has 1 aliphatic rings. The first-order chi connectivity index (χ1) is 13.5. The summed E-state index contributed by atoms with van der Waals surface area (Å²) in [5, 5.41) is 4.38. The number of nitrogens with one attached hydrogen (secondary N) is 1. The highest BCUT2D eigenvalue weighted by atomic mass is 19.4. The highest BCUT2D eigenvalue weighted by Gasteiger charge is 2.31. The minimum atomic E-state index is -4.70. The lowest BCUT2D eigenvalue weighted by Crippen LogP contribution is -2.45. The van der Waals surface area contributed by atoms with Gasteiger partial charge in [0.1, 0.15) is 5.75 Å². The van der Waals surface area contributed by atoms with Gasteiger partial charge in [-0.1, -0.05) is 36.4 Å². The highest BCUT2D eigenvalue weighted by Crippen LogP contribution is 2.31. The summed E-state index contributed by atoms with van der Waals surface area (Å²) in [6, 6.07) is 17.9. The second kappa shape index (κ2) is 7.77. The maximum absolute atomic E-state index is 12.5. The van der Waals surface area contributed by atoms with Crippen LogP contribution in [0.2, 0.25) is 0 Å². The number of fused-ring (bicyclic) bond motifs is 1. The van der Waals surface area contributed by atoms with Gasteiger partial charge in [0.25, 0.3) is 0 Å². The average Bonchev–Trinajstić information content (AvgIpc) is 2.69. The molecule has 2 aromatic carbocycles. The van der Waals surface area contributed by atoms with Crippen LogP contribution in [-0.2, 0) is 0 Å². The van der Waals surface area contributed by atoms with Gasteiger partial charge in [-0.3, -0.25) is 9.88 Å². The quantitative estimate of drug-likeness (QED) is 0.731. The van der Waals surface area contributed by atoms with E-state index in [9.17, 15) is 13.2 Å². The Morgan fingerprint density at radius 2 is 1.64 bits per heavy atom. The van der Waals surface area contributed by atoms with Crippen molar-refractivity contribution in [3.8, 4) is 5.75 Å². The van der Waals surface area contributed by atoms with E-state index >= 15 is 0 Å². The van der Waals surface area contributed by atoms with Gasteiger partial charge in [0.05, 0.1) is 17.3 Å². The summed E-state index contributed by atoms with van der Waals surface area (Å²) in [6.07, 6.45) is -4.70. The predicted octanol–water partition coefficient (Wildman–Crippen LogP) is 4.13. The molecule has 1 atom stereocenters. The molecule has 1 aliphatic heterocycles. The molecule has 146 valence electrons. The van der Waals surface area contributed by atoms with Crippen molar-refractivity contribution in [2.75, 3.05) is 26.2 Å². The molecule has 3 aromatic rings. The summed E-state index contributed by atoms with van der Waals surface area (Å²) in [7, 11) is 0. The number of pyridine rings is 1. The largest absolute Gasteiger partial charge is 0.573 e. The Kier molecular flexibility index (Phi) is 5.19. The predicted molar refractivity (Wildman–Crippen MR) is 101 cm³/mol. The smallest absolute Gasteiger partial charge is 0.406 e. The van der Waals surface area contributed by atoms with Crippen LogP contribution in [-0.4, -0.2) is 42.4 Å². The number of piperazine rings is 1. The van der Waals surface area contributed by atoms with Gasteiger partial charge in [-0.25, -0.2) is 0 Å². The second-order valence-electron chi connectivity index (χ2n) is 6.73. The van der Waals surface area contributed by atoms with Crippen molar-refractivity contribution in [3.05, 3.63) is 71.9 Å². The molecular weight excluding hydrogens is 367 g/mol. The number of alkyl halides is 3. The molecule has 4 rings (SSSR count). The summed E-state index contributed by atoms with van der Waals surface area (Å²) in [5.41, 5.74) is 2.67. The molecule has 1 N–H and O–H groups in total. The van der Waals surface area contributed by atoms with Crippen molar-refractivity contribution in [1.29, 1.82) is 0 Å². The monoisotopic (exact) mass is 387 g/mol. The lowest BCUT2D eigenvalue weighted by Gasteiger charge is -2.35. The van der Waals surface area contributed by atoms with E-state index in [0.29, 0.717) is 0 Å². The third-order valence-electron chi connectivity index (χ3n) is 4.85. The topological polar surface area (TPSA) is 37.4 Å². The molecule has 0 amide bonds. The molecule has 2 heterocycles. The second-order valence-corrected chi connectivity index (χ2v) is 6.73. The van der Waals surface area contributed by atoms with E-state index in [1.165, 1.54) is 12.1 Å². The first-order valence-corrected chi connectivity index (χ1v) is 9.16. The Balaban J connectivity index is 1.70. The van der Waals surface area contributed by atoms with Gasteiger partial charge in [-0.05, 0) is 29.8 Å². The van der Waals surface area contributed by atoms with Crippen molar-refractivity contribution in [1.82, 2.24) is 15.2 Å². The maximum Gasteiger partial charge on any atom is 0.573 e. The van der Waals surface area contributed by atoms with Crippen LogP contribution >= 0.6 is 0 Å². The normalized spacial score (nSPS) is 16.8. The van der Waals surface area contributed by atoms with Crippen LogP contribution in [0.25, 0.3) is 10.9 Å². The van der Waals surface area contributed by atoms with E-state index in [0.717, 1.165) is 48.3 Å². The lowest BCUT2D eigenvalue weighted by molar-refractivity contribution is -0.274. The average molecular weight is 387 g/mol. The van der Waals surface area contributed by atoms with Crippen molar-refractivity contribution >= 4 is 10.9 Å². The van der Waals surface area contributed by atoms with Gasteiger partial charge in [-0.2, -0.15) is 0 Å². The van der Waals surface area contributed by atoms with E-state index in [1.54, 1.807) is 12.1 Å². The number of rotatable bonds is 4. The fourth-order valence-corrected chi connectivity index (χ4v) is 3.59. The third kappa shape index (κ3) is 4.26. The molecule has 0 unspecified atom stereocenters. The summed E-state index contributed by atoms with van der Waals surface area (Å²) >= 11 is 0. The van der Waals surface area contributed by atoms with E-state index in [4.69, 9.17) is 4.98 Å². The van der Waals surface area contributed by atoms with Crippen LogP contribution in [0.15, 0.2) is 60.7 Å². The van der Waals surface area contributed by atoms with Gasteiger partial charge in [0.2, 0.25) is 0 Å². The van der Waals surface area contributed by atoms with Gasteiger partial charge < -0.3 is 10.1 Å². The molecular formula is C21H20F3N3O. The van der Waals surface area contributed by atoms with Crippen LogP contribution in [0.5, 0.6) is 5.75 Å². The standard InChI is InChI=1S/C21H20F3N3O/c22-21(23,24)28-17-8-5-16(6-9-17)20(27-13-11-25-12-14-27)19-10-7-15-3-1-2-4-18(15)26-19/h1-10,20,25H,11-14H2/t20-/m1/s1. The Morgan fingerprint density at radius 1 is 0.929 bits per heavy atom. The SMILES string of the molecule is FC(F)(F)Oc1ccc([C@H](c2ccc3ccccc3n2)N2CCNCC2)cc1. The molecule has 0 spiro atoms. The molecule has 0 aliphatic carbocycles. The Labute approximate surface area is 160 Å². The van der Waals surface area contributed by atoms with Crippen LogP contribution in [0, 0.1) is 0 Å². The molecule has 4 nitrogen and oxygen atoms in total. The zero-order valence-electron chi connectivity index (χ0n) is 15.1. The van der Waals surface area contributed by atoms with Crippen molar-refractivity contribution < 1.29 is 17.9 Å². The fourth-order valence-electron chi connectivity index (χ4n) is 3.59. The number of nitrogens with zero attached hydrogens (tertiary/aromatic N) is 2. The van der Waals surface area contributed by atoms with Gasteiger partial charge in [0.15, 0.2) is 0 Å². The maximum atomic E-state index is 12.5. The van der Waals surface area contributed by atoms with Crippen molar-refractivity contribution in [2.45, 2.75) is 12.4 Å². The number of benzene rings is 2. The van der Waals surface area contributed by atoms with Crippen LogP contribution < -0.4 is 10.1 Å². The molecule has 1 fully saturated rings. The van der Waals surface area contributed by atoms with E-state index in [-0.39, 0.29) is 11.8 Å². The summed E-state index contributed by atoms with van der Waals surface area (Å²) < 4.78 is 41.4. The molecule has 28 heavy (non-hydrogen) atoms. The summed E-state index contributed by atoms with van der Waals surface area (Å²) in [6.45, 7) is 3.39. The van der Waals surface area contributed by atoms with Crippen molar-refractivity contribution in [3.63, 3.8) is 0 Å². The fraction of sp³-hybridized carbons (Fsp3) is 0.286. The van der Waals surface area contributed by atoms with Crippen LogP contribution in [0.4, 0.5) is 13.2 Å². The van der Waals surface area contributed by atoms with Gasteiger partial charge >= 0.3 is 6.36 Å². The lowest BCUT2D eigenvalue weighted by atomic mass is 9.99. The summed E-state index contributed by atoms with van der Waals surface area (Å²) in [5.74, 6) is -0.221. The highest BCUT2D eigenvalue weighted by molar-refractivity contribution is 5.78. The van der Waals surface area contributed by atoms with Crippen LogP contribution in [0.3, 0.4) is 0 Å². The Morgan fingerprint density at radius 3 is 2.36 bits per heavy atom. The number of hydrogen-bond donors (Lipinski definition) is 1. The van der Waals surface area contributed by atoms with Gasteiger partial charge in [-0.15, -0.1) is 13.2 Å².